The van der Waals surface area contributed by atoms with E-state index in [1.807, 2.05) is 18.7 Å². The van der Waals surface area contributed by atoms with E-state index in [0.717, 1.165) is 13.1 Å². The van der Waals surface area contributed by atoms with E-state index < -0.39 is 0 Å². The number of ether oxygens (including phenoxy) is 2. The Bertz CT molecular complexity index is 440. The van der Waals surface area contributed by atoms with Gasteiger partial charge in [0.1, 0.15) is 0 Å². The van der Waals surface area contributed by atoms with Gasteiger partial charge in [0.05, 0.1) is 19.3 Å². The van der Waals surface area contributed by atoms with Crippen LogP contribution in [-0.2, 0) is 9.47 Å². The molecule has 4 N–H and O–H groups in total. The van der Waals surface area contributed by atoms with Gasteiger partial charge in [-0.25, -0.2) is 5.84 Å². The van der Waals surface area contributed by atoms with Crippen molar-refractivity contribution in [1.29, 1.82) is 0 Å². The molecule has 1 aliphatic heterocycles. The number of hydrazine groups is 1. The lowest BCUT2D eigenvalue weighted by atomic mass is 10.4. The van der Waals surface area contributed by atoms with E-state index in [4.69, 9.17) is 15.3 Å². The third-order valence-electron chi connectivity index (χ3n) is 3.05. The summed E-state index contributed by atoms with van der Waals surface area (Å²) in [6.07, 6.45) is 0.0767. The third-order valence-corrected chi connectivity index (χ3v) is 3.05. The molecule has 1 unspecified atom stereocenters. The van der Waals surface area contributed by atoms with Crippen LogP contribution in [0.15, 0.2) is 0 Å². The fourth-order valence-corrected chi connectivity index (χ4v) is 1.99. The normalized spacial score (nSPS) is 16.6. The molecule has 0 radical (unpaired) electrons. The largest absolute Gasteiger partial charge is 0.378 e. The lowest BCUT2D eigenvalue weighted by molar-refractivity contribution is 0.0854. The Morgan fingerprint density at radius 3 is 2.67 bits per heavy atom. The van der Waals surface area contributed by atoms with Crippen LogP contribution in [0.5, 0.6) is 0 Å². The maximum atomic E-state index is 5.47. The van der Waals surface area contributed by atoms with Gasteiger partial charge in [-0.3, -0.25) is 5.43 Å². The monoisotopic (exact) mass is 297 g/mol. The highest BCUT2D eigenvalue weighted by Crippen LogP contribution is 2.14. The number of nitrogens with one attached hydrogen (secondary N) is 2. The van der Waals surface area contributed by atoms with Crippen LogP contribution >= 0.6 is 0 Å². The second-order valence-electron chi connectivity index (χ2n) is 4.67. The molecular formula is C12H23N7O2. The van der Waals surface area contributed by atoms with E-state index in [0.29, 0.717) is 44.2 Å². The molecule has 1 atom stereocenters. The van der Waals surface area contributed by atoms with E-state index in [9.17, 15) is 0 Å². The number of hydrogen-bond acceptors (Lipinski definition) is 9. The van der Waals surface area contributed by atoms with Crippen molar-refractivity contribution in [2.24, 2.45) is 5.84 Å². The molecule has 0 amide bonds. The first-order valence-corrected chi connectivity index (χ1v) is 7.13. The summed E-state index contributed by atoms with van der Waals surface area (Å²) in [6.45, 7) is 8.09. The molecule has 2 rings (SSSR count). The molecule has 9 nitrogen and oxygen atoms in total. The van der Waals surface area contributed by atoms with Gasteiger partial charge in [0.15, 0.2) is 0 Å². The van der Waals surface area contributed by atoms with Gasteiger partial charge in [-0.05, 0) is 13.8 Å². The molecule has 2 heterocycles. The smallest absolute Gasteiger partial charge is 0.243 e. The molecule has 1 fully saturated rings. The van der Waals surface area contributed by atoms with Crippen molar-refractivity contribution >= 4 is 17.8 Å². The van der Waals surface area contributed by atoms with Crippen molar-refractivity contribution in [3.63, 3.8) is 0 Å². The summed E-state index contributed by atoms with van der Waals surface area (Å²) in [5.41, 5.74) is 2.47. The minimum Gasteiger partial charge on any atom is -0.378 e. The van der Waals surface area contributed by atoms with Crippen molar-refractivity contribution in [1.82, 2.24) is 15.0 Å². The van der Waals surface area contributed by atoms with Gasteiger partial charge in [-0.1, -0.05) is 0 Å². The fraction of sp³-hybridized carbons (Fsp3) is 0.750. The van der Waals surface area contributed by atoms with Crippen LogP contribution < -0.4 is 21.5 Å². The molecule has 0 aliphatic carbocycles. The lowest BCUT2D eigenvalue weighted by Gasteiger charge is -2.27. The van der Waals surface area contributed by atoms with E-state index in [1.165, 1.54) is 0 Å². The Labute approximate surface area is 124 Å². The highest BCUT2D eigenvalue weighted by Gasteiger charge is 2.16. The quantitative estimate of drug-likeness (QED) is 0.466. The predicted octanol–water partition coefficient (Wildman–Crippen LogP) is -0.169. The zero-order valence-corrected chi connectivity index (χ0v) is 12.5. The Hall–Kier alpha value is -1.71. The summed E-state index contributed by atoms with van der Waals surface area (Å²) in [5.74, 6) is 6.82. The average molecular weight is 297 g/mol. The molecule has 0 bridgehead atoms. The summed E-state index contributed by atoms with van der Waals surface area (Å²) in [6, 6.07) is 0. The number of anilines is 3. The number of rotatable bonds is 7. The van der Waals surface area contributed by atoms with Crippen LogP contribution in [0.2, 0.25) is 0 Å². The van der Waals surface area contributed by atoms with Gasteiger partial charge < -0.3 is 19.7 Å². The Kier molecular flexibility index (Phi) is 5.90. The van der Waals surface area contributed by atoms with Crippen molar-refractivity contribution in [2.45, 2.75) is 20.0 Å². The van der Waals surface area contributed by atoms with E-state index in [2.05, 4.69) is 25.7 Å². The predicted molar refractivity (Wildman–Crippen MR) is 80.2 cm³/mol. The third kappa shape index (κ3) is 4.66. The average Bonchev–Trinajstić information content (AvgIpc) is 2.54. The first-order chi connectivity index (χ1) is 10.2. The van der Waals surface area contributed by atoms with Gasteiger partial charge in [0.2, 0.25) is 17.8 Å². The van der Waals surface area contributed by atoms with Crippen molar-refractivity contribution in [3.8, 4) is 0 Å². The van der Waals surface area contributed by atoms with Crippen LogP contribution in [0, 0.1) is 0 Å². The minimum absolute atomic E-state index is 0.0767. The first-order valence-electron chi connectivity index (χ1n) is 7.13. The zero-order valence-electron chi connectivity index (χ0n) is 12.5. The maximum absolute atomic E-state index is 5.47. The Morgan fingerprint density at radius 1 is 1.29 bits per heavy atom. The molecule has 0 saturated carbocycles. The molecular weight excluding hydrogens is 274 g/mol. The van der Waals surface area contributed by atoms with Crippen LogP contribution in [0.3, 0.4) is 0 Å². The molecule has 0 spiro atoms. The molecule has 21 heavy (non-hydrogen) atoms. The number of nitrogen functional groups attached to an aromatic ring is 1. The Balaban J connectivity index is 2.05. The molecule has 9 heteroatoms. The van der Waals surface area contributed by atoms with Crippen molar-refractivity contribution < 1.29 is 9.47 Å². The number of morpholine rings is 1. The van der Waals surface area contributed by atoms with E-state index in [-0.39, 0.29) is 6.10 Å². The highest BCUT2D eigenvalue weighted by atomic mass is 16.5. The van der Waals surface area contributed by atoms with Crippen LogP contribution in [0.4, 0.5) is 17.8 Å². The zero-order chi connectivity index (χ0) is 15.1. The lowest BCUT2D eigenvalue weighted by Crippen LogP contribution is -2.37. The number of aromatic nitrogens is 3. The highest BCUT2D eigenvalue weighted by molar-refractivity contribution is 5.43. The van der Waals surface area contributed by atoms with Crippen LogP contribution in [0.1, 0.15) is 13.8 Å². The van der Waals surface area contributed by atoms with E-state index >= 15 is 0 Å². The standard InChI is InChI=1S/C12H23N7O2/c1-3-21-9(2)8-14-10-15-11(18-13)17-12(16-10)19-4-6-20-7-5-19/h9H,3-8,13H2,1-2H3,(H2,14,15,16,17,18). The number of hydrogen-bond donors (Lipinski definition) is 3. The molecule has 1 aromatic rings. The van der Waals surface area contributed by atoms with Crippen molar-refractivity contribution in [2.75, 3.05) is 55.1 Å². The first kappa shape index (κ1) is 15.7. The van der Waals surface area contributed by atoms with Crippen molar-refractivity contribution in [3.05, 3.63) is 0 Å². The molecule has 118 valence electrons. The van der Waals surface area contributed by atoms with Gasteiger partial charge in [0, 0.05) is 26.2 Å². The maximum Gasteiger partial charge on any atom is 0.243 e. The number of nitrogens with two attached hydrogens (primary N) is 1. The topological polar surface area (TPSA) is 110 Å². The number of nitrogens with zero attached hydrogens (tertiary/aromatic N) is 4. The summed E-state index contributed by atoms with van der Waals surface area (Å²) >= 11 is 0. The molecule has 1 aliphatic rings. The summed E-state index contributed by atoms with van der Waals surface area (Å²) < 4.78 is 10.8. The fourth-order valence-electron chi connectivity index (χ4n) is 1.99. The van der Waals surface area contributed by atoms with Gasteiger partial charge in [0.25, 0.3) is 0 Å². The summed E-state index contributed by atoms with van der Waals surface area (Å²) in [7, 11) is 0. The second kappa shape index (κ2) is 7.91. The van der Waals surface area contributed by atoms with Crippen LogP contribution in [-0.4, -0.2) is 60.5 Å². The van der Waals surface area contributed by atoms with Gasteiger partial charge >= 0.3 is 0 Å². The van der Waals surface area contributed by atoms with E-state index in [1.54, 1.807) is 0 Å². The van der Waals surface area contributed by atoms with Crippen LogP contribution in [0.25, 0.3) is 0 Å². The Morgan fingerprint density at radius 2 is 2.00 bits per heavy atom. The second-order valence-corrected chi connectivity index (χ2v) is 4.67. The summed E-state index contributed by atoms with van der Waals surface area (Å²) in [5, 5.41) is 3.14. The molecule has 1 saturated heterocycles. The van der Waals surface area contributed by atoms with Gasteiger partial charge in [-0.2, -0.15) is 15.0 Å². The summed E-state index contributed by atoms with van der Waals surface area (Å²) in [4.78, 5) is 14.9. The SMILES string of the molecule is CCOC(C)CNc1nc(NN)nc(N2CCOCC2)n1. The molecule has 0 aromatic carbocycles. The molecule has 1 aromatic heterocycles. The van der Waals surface area contributed by atoms with Gasteiger partial charge in [-0.15, -0.1) is 0 Å². The minimum atomic E-state index is 0.0767.